The molecule has 7 nitrogen and oxygen atoms in total. The van der Waals surface area contributed by atoms with Gasteiger partial charge in [0.2, 0.25) is 11.8 Å². The molecule has 0 spiro atoms. The fourth-order valence-corrected chi connectivity index (χ4v) is 2.96. The van der Waals surface area contributed by atoms with Gasteiger partial charge in [-0.3, -0.25) is 14.2 Å². The van der Waals surface area contributed by atoms with Gasteiger partial charge in [0.15, 0.2) is 0 Å². The third kappa shape index (κ3) is 3.61. The number of pyridine rings is 1. The number of rotatable bonds is 4. The lowest BCUT2D eigenvalue weighted by Crippen LogP contribution is -2.51. The molecule has 1 saturated heterocycles. The van der Waals surface area contributed by atoms with Crippen molar-refractivity contribution in [2.24, 2.45) is 0 Å². The molecule has 1 N–H and O–H groups in total. The van der Waals surface area contributed by atoms with Gasteiger partial charge in [-0.05, 0) is 30.9 Å². The highest BCUT2D eigenvalue weighted by molar-refractivity contribution is 5.87. The second kappa shape index (κ2) is 7.25. The fourth-order valence-electron chi connectivity index (χ4n) is 2.96. The Morgan fingerprint density at radius 3 is 2.88 bits per heavy atom. The van der Waals surface area contributed by atoms with Crippen LogP contribution in [0.15, 0.2) is 37.1 Å². The minimum absolute atomic E-state index is 0.0406. The number of nitrogens with zero attached hydrogens (tertiary/aromatic N) is 4. The molecule has 24 heavy (non-hydrogen) atoms. The molecule has 126 valence electrons. The molecule has 2 aromatic rings. The Kier molecular flexibility index (Phi) is 4.88. The third-order valence-corrected chi connectivity index (χ3v) is 4.25. The zero-order valence-electron chi connectivity index (χ0n) is 13.7. The second-order valence-electron chi connectivity index (χ2n) is 5.94. The lowest BCUT2D eigenvalue weighted by Gasteiger charge is -2.33. The van der Waals surface area contributed by atoms with E-state index in [1.807, 2.05) is 22.9 Å². The maximum atomic E-state index is 12.4. The summed E-state index contributed by atoms with van der Waals surface area (Å²) in [7, 11) is 0. The summed E-state index contributed by atoms with van der Waals surface area (Å²) >= 11 is 0. The van der Waals surface area contributed by atoms with Gasteiger partial charge in [-0.15, -0.1) is 0 Å². The van der Waals surface area contributed by atoms with Crippen LogP contribution < -0.4 is 5.32 Å². The van der Waals surface area contributed by atoms with E-state index in [4.69, 9.17) is 0 Å². The largest absolute Gasteiger partial charge is 0.350 e. The van der Waals surface area contributed by atoms with Crippen LogP contribution >= 0.6 is 0 Å². The van der Waals surface area contributed by atoms with Crippen molar-refractivity contribution in [3.05, 3.63) is 42.6 Å². The van der Waals surface area contributed by atoms with Gasteiger partial charge in [0, 0.05) is 38.6 Å². The number of likely N-dealkylation sites (tertiary alicyclic amines) is 1. The van der Waals surface area contributed by atoms with Gasteiger partial charge in [0.05, 0.1) is 0 Å². The number of imidazole rings is 1. The zero-order chi connectivity index (χ0) is 16.9. The number of piperidine rings is 1. The minimum Gasteiger partial charge on any atom is -0.350 e. The van der Waals surface area contributed by atoms with E-state index in [1.54, 1.807) is 23.6 Å². The molecule has 7 heteroatoms. The van der Waals surface area contributed by atoms with Crippen molar-refractivity contribution in [2.75, 3.05) is 6.54 Å². The average molecular weight is 327 g/mol. The maximum absolute atomic E-state index is 12.4. The van der Waals surface area contributed by atoms with Crippen LogP contribution in [0.25, 0.3) is 5.82 Å². The third-order valence-electron chi connectivity index (χ3n) is 4.25. The normalized spacial score (nSPS) is 17.5. The Morgan fingerprint density at radius 1 is 1.33 bits per heavy atom. The van der Waals surface area contributed by atoms with Crippen molar-refractivity contribution >= 4 is 11.8 Å². The summed E-state index contributed by atoms with van der Waals surface area (Å²) in [4.78, 5) is 34.1. The van der Waals surface area contributed by atoms with Crippen molar-refractivity contribution in [3.63, 3.8) is 0 Å². The summed E-state index contributed by atoms with van der Waals surface area (Å²) in [6.45, 7) is 2.58. The van der Waals surface area contributed by atoms with Crippen molar-refractivity contribution < 1.29 is 9.59 Å². The van der Waals surface area contributed by atoms with E-state index in [0.29, 0.717) is 13.1 Å². The average Bonchev–Trinajstić information content (AvgIpc) is 3.14. The molecule has 0 aliphatic carbocycles. The van der Waals surface area contributed by atoms with E-state index < -0.39 is 0 Å². The summed E-state index contributed by atoms with van der Waals surface area (Å²) in [5, 5.41) is 2.92. The van der Waals surface area contributed by atoms with Crippen LogP contribution in [-0.4, -0.2) is 43.8 Å². The number of carbonyl (C=O) groups excluding carboxylic acids is 2. The van der Waals surface area contributed by atoms with Crippen LogP contribution in [0.1, 0.15) is 31.7 Å². The van der Waals surface area contributed by atoms with E-state index >= 15 is 0 Å². The molecule has 3 heterocycles. The van der Waals surface area contributed by atoms with Crippen molar-refractivity contribution in [3.8, 4) is 5.82 Å². The molecule has 3 rings (SSSR count). The van der Waals surface area contributed by atoms with Gasteiger partial charge < -0.3 is 10.2 Å². The SMILES string of the molecule is CC(=O)N1CCCCC1C(=O)NCc1ccc(-n2ccnc2)nc1. The number of carbonyl (C=O) groups is 2. The van der Waals surface area contributed by atoms with Crippen LogP contribution in [0.2, 0.25) is 0 Å². The van der Waals surface area contributed by atoms with Crippen LogP contribution in [0.5, 0.6) is 0 Å². The molecule has 1 atom stereocenters. The quantitative estimate of drug-likeness (QED) is 0.917. The van der Waals surface area contributed by atoms with Crippen LogP contribution in [0.3, 0.4) is 0 Å². The van der Waals surface area contributed by atoms with E-state index in [0.717, 1.165) is 30.6 Å². The highest BCUT2D eigenvalue weighted by Crippen LogP contribution is 2.17. The smallest absolute Gasteiger partial charge is 0.243 e. The Labute approximate surface area is 140 Å². The maximum Gasteiger partial charge on any atom is 0.243 e. The van der Waals surface area contributed by atoms with Gasteiger partial charge in [-0.2, -0.15) is 0 Å². The van der Waals surface area contributed by atoms with Gasteiger partial charge in [-0.25, -0.2) is 9.97 Å². The molecule has 0 aromatic carbocycles. The van der Waals surface area contributed by atoms with Crippen LogP contribution in [-0.2, 0) is 16.1 Å². The molecule has 0 saturated carbocycles. The highest BCUT2D eigenvalue weighted by atomic mass is 16.2. The highest BCUT2D eigenvalue weighted by Gasteiger charge is 2.29. The predicted octanol–water partition coefficient (Wildman–Crippen LogP) is 1.28. The molecule has 1 unspecified atom stereocenters. The van der Waals surface area contributed by atoms with Crippen molar-refractivity contribution in [1.29, 1.82) is 0 Å². The number of nitrogens with one attached hydrogen (secondary N) is 1. The molecule has 0 bridgehead atoms. The Balaban J connectivity index is 1.58. The molecule has 1 aliphatic heterocycles. The monoisotopic (exact) mass is 327 g/mol. The lowest BCUT2D eigenvalue weighted by molar-refractivity contribution is -0.140. The standard InChI is InChI=1S/C17H21N5O2/c1-13(23)22-8-3-2-4-15(22)17(24)20-11-14-5-6-16(19-10-14)21-9-7-18-12-21/h5-7,9-10,12,15H,2-4,8,11H2,1H3,(H,20,24). The summed E-state index contributed by atoms with van der Waals surface area (Å²) in [5.74, 6) is 0.641. The van der Waals surface area contributed by atoms with Crippen molar-refractivity contribution in [1.82, 2.24) is 24.8 Å². The molecule has 0 radical (unpaired) electrons. The Hall–Kier alpha value is -2.70. The van der Waals surface area contributed by atoms with Gasteiger partial charge >= 0.3 is 0 Å². The zero-order valence-corrected chi connectivity index (χ0v) is 13.7. The summed E-state index contributed by atoms with van der Waals surface area (Å²) in [6.07, 6.45) is 9.60. The molecular formula is C17H21N5O2. The Morgan fingerprint density at radius 2 is 2.21 bits per heavy atom. The molecule has 1 fully saturated rings. The van der Waals surface area contributed by atoms with Crippen molar-refractivity contribution in [2.45, 2.75) is 38.8 Å². The first-order chi connectivity index (χ1) is 11.6. The first-order valence-corrected chi connectivity index (χ1v) is 8.13. The van der Waals surface area contributed by atoms with Crippen LogP contribution in [0.4, 0.5) is 0 Å². The van der Waals surface area contributed by atoms with Gasteiger partial charge in [0.1, 0.15) is 18.2 Å². The summed E-state index contributed by atoms with van der Waals surface area (Å²) < 4.78 is 1.81. The number of hydrogen-bond donors (Lipinski definition) is 1. The molecule has 2 aromatic heterocycles. The lowest BCUT2D eigenvalue weighted by atomic mass is 10.0. The van der Waals surface area contributed by atoms with Crippen LogP contribution in [0, 0.1) is 0 Å². The van der Waals surface area contributed by atoms with E-state index in [9.17, 15) is 9.59 Å². The number of amides is 2. The van der Waals surface area contributed by atoms with E-state index in [-0.39, 0.29) is 17.9 Å². The van der Waals surface area contributed by atoms with E-state index in [1.165, 1.54) is 6.92 Å². The topological polar surface area (TPSA) is 80.1 Å². The molecule has 2 amide bonds. The van der Waals surface area contributed by atoms with E-state index in [2.05, 4.69) is 15.3 Å². The minimum atomic E-state index is -0.352. The first kappa shape index (κ1) is 16.2. The fraction of sp³-hybridized carbons (Fsp3) is 0.412. The van der Waals surface area contributed by atoms with Gasteiger partial charge in [-0.1, -0.05) is 6.07 Å². The first-order valence-electron chi connectivity index (χ1n) is 8.13. The molecule has 1 aliphatic rings. The Bertz CT molecular complexity index is 696. The summed E-state index contributed by atoms with van der Waals surface area (Å²) in [6, 6.07) is 3.45. The number of hydrogen-bond acceptors (Lipinski definition) is 4. The summed E-state index contributed by atoms with van der Waals surface area (Å²) in [5.41, 5.74) is 0.914. The predicted molar refractivity (Wildman–Crippen MR) is 88.2 cm³/mol. The van der Waals surface area contributed by atoms with Gasteiger partial charge in [0.25, 0.3) is 0 Å². The second-order valence-corrected chi connectivity index (χ2v) is 5.94. The molecular weight excluding hydrogens is 306 g/mol. The number of aromatic nitrogens is 3.